The monoisotopic (exact) mass is 391 g/mol. The molecule has 0 unspecified atom stereocenters. The van der Waals surface area contributed by atoms with Crippen LogP contribution in [-0.4, -0.2) is 31.7 Å². The van der Waals surface area contributed by atoms with Crippen LogP contribution in [0.2, 0.25) is 5.02 Å². The van der Waals surface area contributed by atoms with Crippen molar-refractivity contribution in [2.75, 3.05) is 19.8 Å². The lowest BCUT2D eigenvalue weighted by atomic mass is 10.1. The van der Waals surface area contributed by atoms with Gasteiger partial charge in [0.25, 0.3) is 5.91 Å². The summed E-state index contributed by atoms with van der Waals surface area (Å²) in [4.78, 5) is 23.7. The van der Waals surface area contributed by atoms with E-state index in [0.29, 0.717) is 17.4 Å². The molecule has 0 aliphatic rings. The van der Waals surface area contributed by atoms with Crippen molar-refractivity contribution in [3.05, 3.63) is 59.1 Å². The second-order valence-corrected chi connectivity index (χ2v) is 6.07. The highest BCUT2D eigenvalue weighted by Gasteiger charge is 2.14. The predicted octanol–water partition coefficient (Wildman–Crippen LogP) is 3.54. The molecule has 0 saturated heterocycles. The first kappa shape index (κ1) is 20.6. The van der Waals surface area contributed by atoms with Crippen LogP contribution < -0.4 is 14.8 Å². The summed E-state index contributed by atoms with van der Waals surface area (Å²) >= 11 is 6.10. The van der Waals surface area contributed by atoms with Gasteiger partial charge in [-0.2, -0.15) is 0 Å². The number of hydrogen-bond donors (Lipinski definition) is 1. The van der Waals surface area contributed by atoms with Crippen molar-refractivity contribution in [3.63, 3.8) is 0 Å². The molecule has 144 valence electrons. The number of amides is 1. The van der Waals surface area contributed by atoms with Gasteiger partial charge in [0, 0.05) is 5.02 Å². The predicted molar refractivity (Wildman–Crippen MR) is 102 cm³/mol. The molecule has 27 heavy (non-hydrogen) atoms. The standard InChI is InChI=1S/C20H22ClNO5/c1-3-25-15-8-10-16(11-9-15)26-13-20(24)27-12-19(23)22-14(2)17-6-4-5-7-18(17)21/h4-11,14H,3,12-13H2,1-2H3,(H,22,23)/t14-/m1/s1. The Morgan fingerprint density at radius 1 is 1.00 bits per heavy atom. The Kier molecular flexibility index (Phi) is 7.95. The van der Waals surface area contributed by atoms with Gasteiger partial charge in [-0.1, -0.05) is 29.8 Å². The van der Waals surface area contributed by atoms with Gasteiger partial charge in [-0.25, -0.2) is 4.79 Å². The van der Waals surface area contributed by atoms with Crippen molar-refractivity contribution in [2.45, 2.75) is 19.9 Å². The van der Waals surface area contributed by atoms with Gasteiger partial charge >= 0.3 is 5.97 Å². The quantitative estimate of drug-likeness (QED) is 0.662. The largest absolute Gasteiger partial charge is 0.494 e. The molecule has 0 aliphatic heterocycles. The molecule has 0 saturated carbocycles. The summed E-state index contributed by atoms with van der Waals surface area (Å²) in [5.74, 6) is 0.171. The van der Waals surface area contributed by atoms with E-state index in [1.54, 1.807) is 37.3 Å². The highest BCUT2D eigenvalue weighted by Crippen LogP contribution is 2.22. The van der Waals surface area contributed by atoms with E-state index in [1.165, 1.54) is 0 Å². The third-order valence-corrected chi connectivity index (χ3v) is 3.95. The van der Waals surface area contributed by atoms with Gasteiger partial charge in [0.1, 0.15) is 11.5 Å². The van der Waals surface area contributed by atoms with Crippen LogP contribution in [0, 0.1) is 0 Å². The lowest BCUT2D eigenvalue weighted by Crippen LogP contribution is -2.32. The van der Waals surface area contributed by atoms with E-state index in [4.69, 9.17) is 25.8 Å². The number of halogens is 1. The fourth-order valence-electron chi connectivity index (χ4n) is 2.32. The van der Waals surface area contributed by atoms with Crippen LogP contribution in [0.25, 0.3) is 0 Å². The van der Waals surface area contributed by atoms with Crippen molar-refractivity contribution in [3.8, 4) is 11.5 Å². The minimum atomic E-state index is -0.635. The molecule has 0 radical (unpaired) electrons. The zero-order chi connectivity index (χ0) is 19.6. The summed E-state index contributed by atoms with van der Waals surface area (Å²) in [6.45, 7) is 3.59. The average molecular weight is 392 g/mol. The molecule has 0 aromatic heterocycles. The molecule has 0 spiro atoms. The Hall–Kier alpha value is -2.73. The number of benzene rings is 2. The van der Waals surface area contributed by atoms with E-state index in [9.17, 15) is 9.59 Å². The van der Waals surface area contributed by atoms with Crippen LogP contribution in [0.15, 0.2) is 48.5 Å². The summed E-state index contributed by atoms with van der Waals surface area (Å²) in [6, 6.07) is 13.8. The van der Waals surface area contributed by atoms with Crippen molar-refractivity contribution < 1.29 is 23.8 Å². The Balaban J connectivity index is 1.71. The second kappa shape index (κ2) is 10.4. The van der Waals surface area contributed by atoms with Crippen LogP contribution >= 0.6 is 11.6 Å². The van der Waals surface area contributed by atoms with Crippen LogP contribution in [-0.2, 0) is 14.3 Å². The fraction of sp³-hybridized carbons (Fsp3) is 0.300. The third-order valence-electron chi connectivity index (χ3n) is 3.60. The Labute approximate surface area is 163 Å². The van der Waals surface area contributed by atoms with E-state index < -0.39 is 11.9 Å². The molecule has 0 bridgehead atoms. The van der Waals surface area contributed by atoms with E-state index >= 15 is 0 Å². The Bertz CT molecular complexity index is 763. The van der Waals surface area contributed by atoms with E-state index in [-0.39, 0.29) is 19.3 Å². The SMILES string of the molecule is CCOc1ccc(OCC(=O)OCC(=O)N[C@H](C)c2ccccc2Cl)cc1. The lowest BCUT2D eigenvalue weighted by Gasteiger charge is -2.15. The topological polar surface area (TPSA) is 73.9 Å². The number of carbonyl (C=O) groups excluding carboxylic acids is 2. The highest BCUT2D eigenvalue weighted by molar-refractivity contribution is 6.31. The van der Waals surface area contributed by atoms with Gasteiger partial charge in [-0.15, -0.1) is 0 Å². The first-order valence-corrected chi connectivity index (χ1v) is 8.92. The minimum Gasteiger partial charge on any atom is -0.494 e. The number of hydrogen-bond acceptors (Lipinski definition) is 5. The fourth-order valence-corrected chi connectivity index (χ4v) is 2.62. The molecule has 1 amide bonds. The van der Waals surface area contributed by atoms with Gasteiger partial charge < -0.3 is 19.5 Å². The van der Waals surface area contributed by atoms with Gasteiger partial charge in [0.15, 0.2) is 13.2 Å². The molecular formula is C20H22ClNO5. The molecule has 2 aromatic carbocycles. The molecule has 2 aromatic rings. The third kappa shape index (κ3) is 6.83. The molecular weight excluding hydrogens is 370 g/mol. The zero-order valence-corrected chi connectivity index (χ0v) is 16.0. The van der Waals surface area contributed by atoms with Crippen LogP contribution in [0.3, 0.4) is 0 Å². The molecule has 1 N–H and O–H groups in total. The maximum absolute atomic E-state index is 11.9. The van der Waals surface area contributed by atoms with Gasteiger partial charge in [0.05, 0.1) is 12.6 Å². The molecule has 1 atom stereocenters. The molecule has 0 fully saturated rings. The first-order valence-electron chi connectivity index (χ1n) is 8.54. The smallest absolute Gasteiger partial charge is 0.344 e. The van der Waals surface area contributed by atoms with E-state index in [0.717, 1.165) is 11.3 Å². The van der Waals surface area contributed by atoms with E-state index in [1.807, 2.05) is 25.1 Å². The van der Waals surface area contributed by atoms with Gasteiger partial charge in [-0.05, 0) is 49.7 Å². The molecule has 7 heteroatoms. The lowest BCUT2D eigenvalue weighted by molar-refractivity contribution is -0.150. The number of nitrogens with one attached hydrogen (secondary N) is 1. The summed E-state index contributed by atoms with van der Waals surface area (Å²) in [5, 5.41) is 3.29. The highest BCUT2D eigenvalue weighted by atomic mass is 35.5. The average Bonchev–Trinajstić information content (AvgIpc) is 2.66. The number of ether oxygens (including phenoxy) is 3. The van der Waals surface area contributed by atoms with Crippen molar-refractivity contribution in [1.82, 2.24) is 5.32 Å². The number of esters is 1. The number of carbonyl (C=O) groups is 2. The van der Waals surface area contributed by atoms with E-state index in [2.05, 4.69) is 5.32 Å². The first-order chi connectivity index (χ1) is 13.0. The van der Waals surface area contributed by atoms with Gasteiger partial charge in [0.2, 0.25) is 0 Å². The summed E-state index contributed by atoms with van der Waals surface area (Å²) in [6.07, 6.45) is 0. The summed E-state index contributed by atoms with van der Waals surface area (Å²) in [5.41, 5.74) is 0.790. The number of rotatable bonds is 9. The van der Waals surface area contributed by atoms with Crippen LogP contribution in [0.4, 0.5) is 0 Å². The Morgan fingerprint density at radius 3 is 2.26 bits per heavy atom. The van der Waals surface area contributed by atoms with Crippen molar-refractivity contribution in [1.29, 1.82) is 0 Å². The molecule has 2 rings (SSSR count). The van der Waals surface area contributed by atoms with Gasteiger partial charge in [-0.3, -0.25) is 4.79 Å². The van der Waals surface area contributed by atoms with Crippen LogP contribution in [0.5, 0.6) is 11.5 Å². The maximum Gasteiger partial charge on any atom is 0.344 e. The minimum absolute atomic E-state index is 0.290. The summed E-state index contributed by atoms with van der Waals surface area (Å²) in [7, 11) is 0. The van der Waals surface area contributed by atoms with Crippen molar-refractivity contribution in [2.24, 2.45) is 0 Å². The molecule has 0 aliphatic carbocycles. The molecule has 0 heterocycles. The zero-order valence-electron chi connectivity index (χ0n) is 15.2. The summed E-state index contributed by atoms with van der Waals surface area (Å²) < 4.78 is 15.6. The van der Waals surface area contributed by atoms with Crippen molar-refractivity contribution >= 4 is 23.5 Å². The Morgan fingerprint density at radius 2 is 1.63 bits per heavy atom. The normalized spacial score (nSPS) is 11.4. The van der Waals surface area contributed by atoms with Crippen LogP contribution in [0.1, 0.15) is 25.5 Å². The second-order valence-electron chi connectivity index (χ2n) is 5.66. The maximum atomic E-state index is 11.9. The molecule has 6 nitrogen and oxygen atoms in total.